The molecule has 2 amide bonds. The number of sulfonamides is 1. The molecule has 0 aliphatic rings. The van der Waals surface area contributed by atoms with Gasteiger partial charge in [-0.2, -0.15) is 0 Å². The Morgan fingerprint density at radius 3 is 2.26 bits per heavy atom. The third-order valence-electron chi connectivity index (χ3n) is 6.03. The molecule has 3 aromatic carbocycles. The van der Waals surface area contributed by atoms with Gasteiger partial charge in [0, 0.05) is 29.5 Å². The molecule has 0 unspecified atom stereocenters. The van der Waals surface area contributed by atoms with E-state index < -0.39 is 40.2 Å². The second kappa shape index (κ2) is 13.7. The lowest BCUT2D eigenvalue weighted by Crippen LogP contribution is -2.53. The van der Waals surface area contributed by atoms with Gasteiger partial charge < -0.3 is 10.2 Å². The molecule has 1 atom stereocenters. The molecular formula is C29H33BrFN3O4S. The number of rotatable bonds is 12. The van der Waals surface area contributed by atoms with Gasteiger partial charge in [-0.25, -0.2) is 12.8 Å². The molecule has 0 aliphatic heterocycles. The van der Waals surface area contributed by atoms with E-state index in [0.717, 1.165) is 16.1 Å². The van der Waals surface area contributed by atoms with E-state index in [2.05, 4.69) is 21.2 Å². The van der Waals surface area contributed by atoms with E-state index in [1.165, 1.54) is 11.0 Å². The van der Waals surface area contributed by atoms with E-state index in [0.29, 0.717) is 11.0 Å². The monoisotopic (exact) mass is 617 g/mol. The molecule has 39 heavy (non-hydrogen) atoms. The maximum Gasteiger partial charge on any atom is 0.244 e. The van der Waals surface area contributed by atoms with Gasteiger partial charge in [-0.1, -0.05) is 84.4 Å². The smallest absolute Gasteiger partial charge is 0.244 e. The Labute approximate surface area is 238 Å². The SMILES string of the molecule is CC(C)CNC(=O)[C@@H](Cc1ccccc1)N(Cc1ccccc1F)C(=O)CN(c1cccc(Br)c1)S(C)(=O)=O. The number of benzene rings is 3. The molecule has 0 saturated carbocycles. The fourth-order valence-electron chi connectivity index (χ4n) is 4.03. The predicted molar refractivity (Wildman–Crippen MR) is 155 cm³/mol. The van der Waals surface area contributed by atoms with E-state index in [9.17, 15) is 22.4 Å². The normalized spacial score (nSPS) is 12.2. The van der Waals surface area contributed by atoms with Crippen LogP contribution in [0.2, 0.25) is 0 Å². The largest absolute Gasteiger partial charge is 0.354 e. The highest BCUT2D eigenvalue weighted by atomic mass is 79.9. The van der Waals surface area contributed by atoms with Crippen LogP contribution in [0.15, 0.2) is 83.3 Å². The number of hydrogen-bond acceptors (Lipinski definition) is 4. The Morgan fingerprint density at radius 2 is 1.64 bits per heavy atom. The number of hydrogen-bond donors (Lipinski definition) is 1. The zero-order valence-electron chi connectivity index (χ0n) is 22.2. The first kappa shape index (κ1) is 30.3. The minimum Gasteiger partial charge on any atom is -0.354 e. The van der Waals surface area contributed by atoms with Crippen molar-refractivity contribution in [2.24, 2.45) is 5.92 Å². The van der Waals surface area contributed by atoms with Crippen molar-refractivity contribution in [1.82, 2.24) is 10.2 Å². The van der Waals surface area contributed by atoms with Crippen molar-refractivity contribution in [1.29, 1.82) is 0 Å². The molecule has 208 valence electrons. The van der Waals surface area contributed by atoms with Crippen LogP contribution in [0.3, 0.4) is 0 Å². The summed E-state index contributed by atoms with van der Waals surface area (Å²) in [7, 11) is -3.88. The average Bonchev–Trinajstić information content (AvgIpc) is 2.88. The predicted octanol–water partition coefficient (Wildman–Crippen LogP) is 4.77. The summed E-state index contributed by atoms with van der Waals surface area (Å²) in [6, 6.07) is 20.8. The van der Waals surface area contributed by atoms with Gasteiger partial charge >= 0.3 is 0 Å². The first-order valence-electron chi connectivity index (χ1n) is 12.5. The standard InChI is InChI=1S/C29H33BrFN3O4S/c1-21(2)18-32-29(36)27(16-22-10-5-4-6-11-22)33(19-23-12-7-8-15-26(23)31)28(35)20-34(39(3,37)38)25-14-9-13-24(30)17-25/h4-15,17,21,27H,16,18-20H2,1-3H3,(H,32,36)/t27-/m1/s1. The maximum absolute atomic E-state index is 14.8. The molecule has 0 radical (unpaired) electrons. The molecule has 0 aliphatic carbocycles. The molecule has 3 rings (SSSR count). The van der Waals surface area contributed by atoms with Crippen molar-refractivity contribution < 1.29 is 22.4 Å². The number of anilines is 1. The van der Waals surface area contributed by atoms with Crippen LogP contribution in [-0.4, -0.2) is 50.5 Å². The highest BCUT2D eigenvalue weighted by Crippen LogP contribution is 2.24. The zero-order chi connectivity index (χ0) is 28.6. The van der Waals surface area contributed by atoms with Gasteiger partial charge in [0.25, 0.3) is 0 Å². The third kappa shape index (κ3) is 8.90. The first-order valence-corrected chi connectivity index (χ1v) is 15.2. The van der Waals surface area contributed by atoms with Crippen LogP contribution in [0.25, 0.3) is 0 Å². The topological polar surface area (TPSA) is 86.8 Å². The van der Waals surface area contributed by atoms with Gasteiger partial charge in [0.05, 0.1) is 11.9 Å². The molecule has 10 heteroatoms. The van der Waals surface area contributed by atoms with Crippen molar-refractivity contribution in [3.63, 3.8) is 0 Å². The Balaban J connectivity index is 2.06. The lowest BCUT2D eigenvalue weighted by atomic mass is 10.0. The van der Waals surface area contributed by atoms with Crippen LogP contribution < -0.4 is 9.62 Å². The quantitative estimate of drug-likeness (QED) is 0.317. The van der Waals surface area contributed by atoms with E-state index in [-0.39, 0.29) is 30.1 Å². The first-order chi connectivity index (χ1) is 18.5. The Kier molecular flexibility index (Phi) is 10.7. The number of nitrogens with zero attached hydrogens (tertiary/aromatic N) is 2. The Bertz CT molecular complexity index is 1390. The van der Waals surface area contributed by atoms with Gasteiger partial charge in [-0.05, 0) is 35.7 Å². The molecule has 7 nitrogen and oxygen atoms in total. The molecule has 0 aromatic heterocycles. The third-order valence-corrected chi connectivity index (χ3v) is 7.66. The molecule has 0 fully saturated rings. The Morgan fingerprint density at radius 1 is 0.974 bits per heavy atom. The van der Waals surface area contributed by atoms with Gasteiger partial charge in [-0.15, -0.1) is 0 Å². The Hall–Kier alpha value is -3.24. The molecular weight excluding hydrogens is 585 g/mol. The van der Waals surface area contributed by atoms with Crippen molar-refractivity contribution in [2.75, 3.05) is 23.7 Å². The molecule has 1 N–H and O–H groups in total. The van der Waals surface area contributed by atoms with Crippen molar-refractivity contribution in [3.05, 3.63) is 100 Å². The lowest BCUT2D eigenvalue weighted by molar-refractivity contribution is -0.140. The van der Waals surface area contributed by atoms with E-state index in [1.807, 2.05) is 44.2 Å². The molecule has 0 bridgehead atoms. The summed E-state index contributed by atoms with van der Waals surface area (Å²) in [4.78, 5) is 28.8. The van der Waals surface area contributed by atoms with E-state index >= 15 is 0 Å². The second-order valence-electron chi connectivity index (χ2n) is 9.71. The minimum absolute atomic E-state index is 0.166. The van der Waals surface area contributed by atoms with Crippen molar-refractivity contribution in [2.45, 2.75) is 32.9 Å². The molecule has 0 saturated heterocycles. The summed E-state index contributed by atoms with van der Waals surface area (Å²) >= 11 is 3.34. The maximum atomic E-state index is 14.8. The zero-order valence-corrected chi connectivity index (χ0v) is 24.6. The summed E-state index contributed by atoms with van der Waals surface area (Å²) in [5.74, 6) is -1.39. The van der Waals surface area contributed by atoms with Crippen LogP contribution in [-0.2, 0) is 32.6 Å². The summed E-state index contributed by atoms with van der Waals surface area (Å²) in [5, 5.41) is 2.90. The van der Waals surface area contributed by atoms with Gasteiger partial charge in [0.1, 0.15) is 18.4 Å². The van der Waals surface area contributed by atoms with E-state index in [4.69, 9.17) is 0 Å². The van der Waals surface area contributed by atoms with Crippen LogP contribution >= 0.6 is 15.9 Å². The molecule has 3 aromatic rings. The summed E-state index contributed by atoms with van der Waals surface area (Å²) < 4.78 is 42.0. The summed E-state index contributed by atoms with van der Waals surface area (Å²) in [6.45, 7) is 3.52. The number of halogens is 2. The summed E-state index contributed by atoms with van der Waals surface area (Å²) in [6.07, 6.45) is 1.18. The van der Waals surface area contributed by atoms with Crippen molar-refractivity contribution in [3.8, 4) is 0 Å². The average molecular weight is 619 g/mol. The van der Waals surface area contributed by atoms with E-state index in [1.54, 1.807) is 42.5 Å². The summed E-state index contributed by atoms with van der Waals surface area (Å²) in [5.41, 5.74) is 1.31. The highest BCUT2D eigenvalue weighted by Gasteiger charge is 2.33. The van der Waals surface area contributed by atoms with Crippen LogP contribution in [0.5, 0.6) is 0 Å². The van der Waals surface area contributed by atoms with Crippen LogP contribution in [0.4, 0.5) is 10.1 Å². The van der Waals surface area contributed by atoms with Gasteiger partial charge in [0.2, 0.25) is 21.8 Å². The van der Waals surface area contributed by atoms with Gasteiger partial charge in [-0.3, -0.25) is 13.9 Å². The second-order valence-corrected chi connectivity index (χ2v) is 12.5. The number of amides is 2. The molecule has 0 heterocycles. The highest BCUT2D eigenvalue weighted by molar-refractivity contribution is 9.10. The fourth-order valence-corrected chi connectivity index (χ4v) is 5.26. The van der Waals surface area contributed by atoms with Crippen molar-refractivity contribution >= 4 is 43.5 Å². The lowest BCUT2D eigenvalue weighted by Gasteiger charge is -2.33. The minimum atomic E-state index is -3.88. The number of carbonyl (C=O) groups is 2. The number of carbonyl (C=O) groups excluding carboxylic acids is 2. The fraction of sp³-hybridized carbons (Fsp3) is 0.310. The number of nitrogens with one attached hydrogen (secondary N) is 1. The van der Waals surface area contributed by atoms with Gasteiger partial charge in [0.15, 0.2) is 0 Å². The van der Waals surface area contributed by atoms with Crippen LogP contribution in [0, 0.1) is 11.7 Å². The molecule has 0 spiro atoms. The van der Waals surface area contributed by atoms with Crippen LogP contribution in [0.1, 0.15) is 25.0 Å².